The normalized spacial score (nSPS) is 33.7. The van der Waals surface area contributed by atoms with Crippen molar-refractivity contribution in [2.45, 2.75) is 30.7 Å². The zero-order valence-electron chi connectivity index (χ0n) is 16.2. The first-order valence-corrected chi connectivity index (χ1v) is 11.3. The molecule has 0 radical (unpaired) electrons. The van der Waals surface area contributed by atoms with Crippen LogP contribution in [0, 0.1) is 11.8 Å². The van der Waals surface area contributed by atoms with E-state index in [2.05, 4.69) is 10.2 Å². The number of aliphatic hydroxyl groups is 1. The molecule has 160 valence electrons. The predicted octanol–water partition coefficient (Wildman–Crippen LogP) is 3.87. The van der Waals surface area contributed by atoms with Crippen molar-refractivity contribution < 1.29 is 14.7 Å². The van der Waals surface area contributed by atoms with Crippen LogP contribution >= 0.6 is 34.8 Å². The third-order valence-electron chi connectivity index (χ3n) is 7.28. The van der Waals surface area contributed by atoms with Gasteiger partial charge in [-0.05, 0) is 43.7 Å². The van der Waals surface area contributed by atoms with Gasteiger partial charge in [0.1, 0.15) is 11.8 Å². The number of aliphatic hydroxyl groups excluding tert-OH is 1. The molecule has 9 heteroatoms. The molecule has 0 saturated carbocycles. The van der Waals surface area contributed by atoms with Crippen LogP contribution in [-0.4, -0.2) is 40.6 Å². The molecule has 3 saturated heterocycles. The number of carbonyl (C=O) groups excluding carboxylic acids is 2. The summed E-state index contributed by atoms with van der Waals surface area (Å²) in [7, 11) is 0. The predicted molar refractivity (Wildman–Crippen MR) is 118 cm³/mol. The summed E-state index contributed by atoms with van der Waals surface area (Å²) in [4.78, 5) is 30.9. The lowest BCUT2D eigenvalue weighted by Gasteiger charge is -2.37. The van der Waals surface area contributed by atoms with Gasteiger partial charge >= 0.3 is 0 Å². The number of carbonyl (C=O) groups is 2. The van der Waals surface area contributed by atoms with Crippen molar-refractivity contribution in [1.29, 1.82) is 0 Å². The Kier molecular flexibility index (Phi) is 4.22. The van der Waals surface area contributed by atoms with Crippen molar-refractivity contribution in [3.63, 3.8) is 0 Å². The molecule has 2 aromatic carbocycles. The largest absolute Gasteiger partial charge is 0.373 e. The maximum Gasteiger partial charge on any atom is 0.250 e. The quantitative estimate of drug-likeness (QED) is 0.653. The lowest BCUT2D eigenvalue weighted by Crippen LogP contribution is -2.54. The number of anilines is 2. The van der Waals surface area contributed by atoms with E-state index >= 15 is 0 Å². The van der Waals surface area contributed by atoms with Gasteiger partial charge in [0.2, 0.25) is 5.91 Å². The molecule has 0 bridgehead atoms. The average molecular weight is 479 g/mol. The number of benzene rings is 2. The molecular weight excluding hydrogens is 461 g/mol. The fourth-order valence-electron chi connectivity index (χ4n) is 6.33. The summed E-state index contributed by atoms with van der Waals surface area (Å²) in [5.41, 5.74) is 0.484. The van der Waals surface area contributed by atoms with E-state index in [1.807, 2.05) is 6.07 Å². The highest BCUT2D eigenvalue weighted by atomic mass is 35.5. The smallest absolute Gasteiger partial charge is 0.250 e. The lowest BCUT2D eigenvalue weighted by molar-refractivity contribution is -0.135. The van der Waals surface area contributed by atoms with E-state index in [1.54, 1.807) is 30.3 Å². The Morgan fingerprint density at radius 1 is 1.10 bits per heavy atom. The average Bonchev–Trinajstić information content (AvgIpc) is 3.40. The van der Waals surface area contributed by atoms with Crippen LogP contribution in [0.15, 0.2) is 36.4 Å². The zero-order valence-corrected chi connectivity index (χ0v) is 18.5. The minimum absolute atomic E-state index is 0.0979. The summed E-state index contributed by atoms with van der Waals surface area (Å²) in [6.45, 7) is 0.681. The third kappa shape index (κ3) is 2.37. The molecule has 4 aliphatic rings. The van der Waals surface area contributed by atoms with Crippen LogP contribution in [0.2, 0.25) is 15.1 Å². The molecule has 31 heavy (non-hydrogen) atoms. The fourth-order valence-corrected chi connectivity index (χ4v) is 7.06. The SMILES string of the molecule is O=C1C2C(C(O)N1c1cc(Cl)cc(Cl)c1)C1CCCN1C21C(=O)Nc2c(Cl)cccc21. The molecule has 5 unspecified atom stereocenters. The highest BCUT2D eigenvalue weighted by Gasteiger charge is 2.74. The number of amides is 2. The van der Waals surface area contributed by atoms with Crippen LogP contribution < -0.4 is 10.2 Å². The Labute approximate surface area is 193 Å². The molecule has 6 nitrogen and oxygen atoms in total. The van der Waals surface area contributed by atoms with Gasteiger partial charge in [-0.2, -0.15) is 0 Å². The topological polar surface area (TPSA) is 72.9 Å². The van der Waals surface area contributed by atoms with Crippen LogP contribution in [-0.2, 0) is 15.1 Å². The number of halogens is 3. The second-order valence-corrected chi connectivity index (χ2v) is 9.87. The second-order valence-electron chi connectivity index (χ2n) is 8.59. The van der Waals surface area contributed by atoms with Crippen molar-refractivity contribution in [2.24, 2.45) is 11.8 Å². The molecular formula is C22H18Cl3N3O3. The van der Waals surface area contributed by atoms with Crippen LogP contribution in [0.4, 0.5) is 11.4 Å². The molecule has 2 N–H and O–H groups in total. The molecule has 5 atom stereocenters. The van der Waals surface area contributed by atoms with E-state index in [4.69, 9.17) is 34.8 Å². The molecule has 4 heterocycles. The number of nitrogens with zero attached hydrogens (tertiary/aromatic N) is 2. The molecule has 2 aromatic rings. The highest BCUT2D eigenvalue weighted by Crippen LogP contribution is 2.62. The Morgan fingerprint density at radius 3 is 2.58 bits per heavy atom. The van der Waals surface area contributed by atoms with E-state index in [0.717, 1.165) is 12.8 Å². The number of hydrogen-bond acceptors (Lipinski definition) is 4. The minimum atomic E-state index is -1.19. The Balaban J connectivity index is 1.56. The maximum absolute atomic E-state index is 13.9. The van der Waals surface area contributed by atoms with E-state index in [1.165, 1.54) is 4.90 Å². The molecule has 0 aliphatic carbocycles. The summed E-state index contributed by atoms with van der Waals surface area (Å²) >= 11 is 18.7. The summed E-state index contributed by atoms with van der Waals surface area (Å²) in [5.74, 6) is -1.75. The first-order chi connectivity index (χ1) is 14.9. The lowest BCUT2D eigenvalue weighted by atomic mass is 9.75. The zero-order chi connectivity index (χ0) is 21.7. The van der Waals surface area contributed by atoms with Crippen molar-refractivity contribution in [3.8, 4) is 0 Å². The van der Waals surface area contributed by atoms with Gasteiger partial charge in [0, 0.05) is 33.3 Å². The third-order valence-corrected chi connectivity index (χ3v) is 8.03. The minimum Gasteiger partial charge on any atom is -0.373 e. The molecule has 2 amide bonds. The highest BCUT2D eigenvalue weighted by molar-refractivity contribution is 6.35. The number of rotatable bonds is 1. The second kappa shape index (κ2) is 6.59. The number of nitrogens with one attached hydrogen (secondary N) is 1. The van der Waals surface area contributed by atoms with Crippen LogP contribution in [0.1, 0.15) is 18.4 Å². The van der Waals surface area contributed by atoms with Gasteiger partial charge in [0.25, 0.3) is 5.91 Å². The van der Waals surface area contributed by atoms with Crippen molar-refractivity contribution in [2.75, 3.05) is 16.8 Å². The van der Waals surface area contributed by atoms with Gasteiger partial charge in [-0.3, -0.25) is 19.4 Å². The van der Waals surface area contributed by atoms with E-state index in [-0.39, 0.29) is 17.9 Å². The summed E-state index contributed by atoms with van der Waals surface area (Å²) in [5, 5.41) is 15.5. The van der Waals surface area contributed by atoms with Gasteiger partial charge in [-0.15, -0.1) is 0 Å². The Morgan fingerprint density at radius 2 is 1.84 bits per heavy atom. The van der Waals surface area contributed by atoms with Gasteiger partial charge in [-0.1, -0.05) is 46.9 Å². The Bertz CT molecular complexity index is 1140. The van der Waals surface area contributed by atoms with Crippen molar-refractivity contribution in [3.05, 3.63) is 57.0 Å². The monoisotopic (exact) mass is 477 g/mol. The molecule has 6 rings (SSSR count). The Hall–Kier alpha value is -1.83. The van der Waals surface area contributed by atoms with E-state index in [0.29, 0.717) is 38.6 Å². The first-order valence-electron chi connectivity index (χ1n) is 10.2. The van der Waals surface area contributed by atoms with Crippen molar-refractivity contribution >= 4 is 58.0 Å². The van der Waals surface area contributed by atoms with E-state index in [9.17, 15) is 14.7 Å². The van der Waals surface area contributed by atoms with Gasteiger partial charge in [0.15, 0.2) is 0 Å². The van der Waals surface area contributed by atoms with Gasteiger partial charge in [0.05, 0.1) is 16.6 Å². The molecule has 1 spiro atoms. The standard InChI is InChI=1S/C22H18Cl3N3O3/c23-10-7-11(24)9-12(8-10)28-19(29)16-15-5-2-6-27(15)22(17(16)20(28)30)13-3-1-4-14(25)18(13)26-21(22)31/h1,3-4,7-9,15-17,19,29H,2,5-6H2,(H,26,31). The first kappa shape index (κ1) is 19.8. The number of hydrogen-bond donors (Lipinski definition) is 2. The number of para-hydroxylation sites is 1. The van der Waals surface area contributed by atoms with Crippen LogP contribution in [0.25, 0.3) is 0 Å². The van der Waals surface area contributed by atoms with Gasteiger partial charge < -0.3 is 10.4 Å². The number of fused-ring (bicyclic) bond motifs is 7. The van der Waals surface area contributed by atoms with Crippen LogP contribution in [0.5, 0.6) is 0 Å². The van der Waals surface area contributed by atoms with E-state index < -0.39 is 23.6 Å². The van der Waals surface area contributed by atoms with Gasteiger partial charge in [-0.25, -0.2) is 0 Å². The fraction of sp³-hybridized carbons (Fsp3) is 0.364. The molecule has 0 aromatic heterocycles. The van der Waals surface area contributed by atoms with Crippen LogP contribution in [0.3, 0.4) is 0 Å². The molecule has 3 fully saturated rings. The summed E-state index contributed by atoms with van der Waals surface area (Å²) < 4.78 is 0. The summed E-state index contributed by atoms with van der Waals surface area (Å²) in [6.07, 6.45) is 0.608. The molecule has 4 aliphatic heterocycles. The van der Waals surface area contributed by atoms with Crippen molar-refractivity contribution in [1.82, 2.24) is 4.90 Å². The summed E-state index contributed by atoms with van der Waals surface area (Å²) in [6, 6.07) is 10.1. The maximum atomic E-state index is 13.9.